The predicted octanol–water partition coefficient (Wildman–Crippen LogP) is 3.20. The monoisotopic (exact) mass is 253 g/mol. The van der Waals surface area contributed by atoms with Gasteiger partial charge >= 0.3 is 0 Å². The minimum Gasteiger partial charge on any atom is -0.391 e. The van der Waals surface area contributed by atoms with Crippen molar-refractivity contribution in [2.75, 3.05) is 0 Å². The van der Waals surface area contributed by atoms with Gasteiger partial charge in [0, 0.05) is 5.02 Å². The number of aliphatic hydroxyl groups is 1. The third-order valence-corrected chi connectivity index (χ3v) is 4.08. The number of benzene rings is 1. The summed E-state index contributed by atoms with van der Waals surface area (Å²) >= 11 is 5.93. The number of aliphatic hydroxyl groups excluding tert-OH is 1. The highest BCUT2D eigenvalue weighted by Gasteiger charge is 2.29. The molecule has 3 heteroatoms. The van der Waals surface area contributed by atoms with Crippen molar-refractivity contribution in [3.05, 3.63) is 34.3 Å². The maximum Gasteiger partial charge on any atom is 0.0760 e. The zero-order chi connectivity index (χ0) is 12.4. The molecule has 2 nitrogen and oxygen atoms in total. The van der Waals surface area contributed by atoms with Crippen LogP contribution in [0.3, 0.4) is 0 Å². The molecule has 1 saturated carbocycles. The predicted molar refractivity (Wildman–Crippen MR) is 71.1 cm³/mol. The second kappa shape index (κ2) is 5.38. The Morgan fingerprint density at radius 3 is 2.59 bits per heavy atom. The van der Waals surface area contributed by atoms with Crippen LogP contribution < -0.4 is 5.73 Å². The lowest BCUT2D eigenvalue weighted by molar-refractivity contribution is 0.0843. The van der Waals surface area contributed by atoms with Crippen molar-refractivity contribution in [2.45, 2.75) is 44.8 Å². The molecule has 1 fully saturated rings. The summed E-state index contributed by atoms with van der Waals surface area (Å²) in [6, 6.07) is 5.37. The van der Waals surface area contributed by atoms with Crippen LogP contribution in [-0.4, -0.2) is 11.2 Å². The van der Waals surface area contributed by atoms with Crippen molar-refractivity contribution >= 4 is 11.6 Å². The van der Waals surface area contributed by atoms with Gasteiger partial charge in [-0.15, -0.1) is 0 Å². The number of halogens is 1. The first-order chi connectivity index (χ1) is 8.09. The molecule has 1 aromatic carbocycles. The highest BCUT2D eigenvalue weighted by molar-refractivity contribution is 6.30. The van der Waals surface area contributed by atoms with E-state index in [1.54, 1.807) is 0 Å². The Morgan fingerprint density at radius 2 is 2.00 bits per heavy atom. The third-order valence-electron chi connectivity index (χ3n) is 3.84. The van der Waals surface area contributed by atoms with E-state index < -0.39 is 6.10 Å². The molecule has 3 N–H and O–H groups in total. The van der Waals surface area contributed by atoms with Crippen LogP contribution in [0.15, 0.2) is 18.2 Å². The molecule has 1 aliphatic rings. The lowest BCUT2D eigenvalue weighted by Gasteiger charge is -2.25. The quantitative estimate of drug-likeness (QED) is 0.869. The molecule has 0 amide bonds. The largest absolute Gasteiger partial charge is 0.391 e. The van der Waals surface area contributed by atoms with Gasteiger partial charge in [-0.3, -0.25) is 0 Å². The average molecular weight is 254 g/mol. The topological polar surface area (TPSA) is 46.2 Å². The van der Waals surface area contributed by atoms with Gasteiger partial charge in [0.2, 0.25) is 0 Å². The lowest BCUT2D eigenvalue weighted by atomic mass is 9.89. The maximum absolute atomic E-state index is 10.3. The Bertz CT molecular complexity index is 388. The zero-order valence-corrected chi connectivity index (χ0v) is 11.0. The fourth-order valence-electron chi connectivity index (χ4n) is 2.79. The van der Waals surface area contributed by atoms with Gasteiger partial charge in [0.1, 0.15) is 0 Å². The van der Waals surface area contributed by atoms with Gasteiger partial charge in [-0.25, -0.2) is 0 Å². The van der Waals surface area contributed by atoms with Crippen LogP contribution in [0.2, 0.25) is 5.02 Å². The smallest absolute Gasteiger partial charge is 0.0760 e. The fourth-order valence-corrected chi connectivity index (χ4v) is 3.02. The number of hydrogen-bond donors (Lipinski definition) is 2. The molecule has 1 aromatic rings. The summed E-state index contributed by atoms with van der Waals surface area (Å²) < 4.78 is 0. The average Bonchev–Trinajstić information content (AvgIpc) is 2.80. The Hall–Kier alpha value is -0.570. The molecule has 0 unspecified atom stereocenters. The summed E-state index contributed by atoms with van der Waals surface area (Å²) in [5.74, 6) is 0.361. The van der Waals surface area contributed by atoms with Gasteiger partial charge in [0.15, 0.2) is 0 Å². The molecule has 0 spiro atoms. The Kier molecular flexibility index (Phi) is 4.08. The van der Waals surface area contributed by atoms with E-state index in [1.165, 1.54) is 12.8 Å². The standard InChI is InChI=1S/C14H20ClNO/c1-9-8-11(15)6-7-12(9)13(16)14(17)10-4-2-3-5-10/h6-8,10,13-14,17H,2-5,16H2,1H3/t13-,14+/m1/s1. The van der Waals surface area contributed by atoms with E-state index >= 15 is 0 Å². The van der Waals surface area contributed by atoms with Crippen LogP contribution >= 0.6 is 11.6 Å². The molecule has 0 aliphatic heterocycles. The maximum atomic E-state index is 10.3. The SMILES string of the molecule is Cc1cc(Cl)ccc1[C@@H](N)[C@@H](O)C1CCCC1. The second-order valence-electron chi connectivity index (χ2n) is 5.06. The molecule has 17 heavy (non-hydrogen) atoms. The zero-order valence-electron chi connectivity index (χ0n) is 10.2. The second-order valence-corrected chi connectivity index (χ2v) is 5.50. The van der Waals surface area contributed by atoms with Crippen LogP contribution in [0, 0.1) is 12.8 Å². The van der Waals surface area contributed by atoms with Crippen LogP contribution in [0.25, 0.3) is 0 Å². The van der Waals surface area contributed by atoms with Gasteiger partial charge in [-0.05, 0) is 48.9 Å². The van der Waals surface area contributed by atoms with Crippen molar-refractivity contribution < 1.29 is 5.11 Å². The first-order valence-corrected chi connectivity index (χ1v) is 6.67. The van der Waals surface area contributed by atoms with E-state index in [0.717, 1.165) is 24.0 Å². The fraction of sp³-hybridized carbons (Fsp3) is 0.571. The molecule has 0 heterocycles. The van der Waals surface area contributed by atoms with Crippen molar-refractivity contribution in [3.8, 4) is 0 Å². The normalized spacial score (nSPS) is 20.5. The Labute approximate surface area is 108 Å². The first-order valence-electron chi connectivity index (χ1n) is 6.29. The van der Waals surface area contributed by atoms with Crippen LogP contribution in [0.5, 0.6) is 0 Å². The molecular weight excluding hydrogens is 234 g/mol. The van der Waals surface area contributed by atoms with Gasteiger partial charge in [-0.1, -0.05) is 30.5 Å². The number of rotatable bonds is 3. The number of aryl methyl sites for hydroxylation is 1. The minimum absolute atomic E-state index is 0.296. The lowest BCUT2D eigenvalue weighted by Crippen LogP contribution is -2.32. The molecular formula is C14H20ClNO. The van der Waals surface area contributed by atoms with E-state index in [1.807, 2.05) is 25.1 Å². The minimum atomic E-state index is -0.433. The molecule has 0 bridgehead atoms. The van der Waals surface area contributed by atoms with Gasteiger partial charge in [0.05, 0.1) is 12.1 Å². The first kappa shape index (κ1) is 12.9. The van der Waals surface area contributed by atoms with Crippen molar-refractivity contribution in [2.24, 2.45) is 11.7 Å². The summed E-state index contributed by atoms with van der Waals surface area (Å²) in [4.78, 5) is 0. The Morgan fingerprint density at radius 1 is 1.35 bits per heavy atom. The summed E-state index contributed by atoms with van der Waals surface area (Å²) in [6.45, 7) is 1.99. The summed E-state index contributed by atoms with van der Waals surface area (Å²) in [5, 5.41) is 11.0. The molecule has 1 aliphatic carbocycles. The van der Waals surface area contributed by atoms with Gasteiger partial charge in [0.25, 0.3) is 0 Å². The third kappa shape index (κ3) is 2.82. The van der Waals surface area contributed by atoms with E-state index in [2.05, 4.69) is 0 Å². The van der Waals surface area contributed by atoms with E-state index in [4.69, 9.17) is 17.3 Å². The van der Waals surface area contributed by atoms with E-state index in [9.17, 15) is 5.11 Å². The number of nitrogens with two attached hydrogens (primary N) is 1. The van der Waals surface area contributed by atoms with Crippen molar-refractivity contribution in [1.82, 2.24) is 0 Å². The van der Waals surface area contributed by atoms with Crippen molar-refractivity contribution in [3.63, 3.8) is 0 Å². The van der Waals surface area contributed by atoms with Gasteiger partial charge in [-0.2, -0.15) is 0 Å². The highest BCUT2D eigenvalue weighted by Crippen LogP contribution is 2.33. The molecule has 2 rings (SSSR count). The molecule has 94 valence electrons. The summed E-state index contributed by atoms with van der Waals surface area (Å²) in [5.41, 5.74) is 8.24. The summed E-state index contributed by atoms with van der Waals surface area (Å²) in [6.07, 6.45) is 4.20. The Balaban J connectivity index is 2.15. The van der Waals surface area contributed by atoms with E-state index in [-0.39, 0.29) is 6.04 Å². The van der Waals surface area contributed by atoms with Crippen LogP contribution in [-0.2, 0) is 0 Å². The van der Waals surface area contributed by atoms with Crippen molar-refractivity contribution in [1.29, 1.82) is 0 Å². The molecule has 2 atom stereocenters. The van der Waals surface area contributed by atoms with Crippen LogP contribution in [0.1, 0.15) is 42.9 Å². The number of hydrogen-bond acceptors (Lipinski definition) is 2. The molecule has 0 saturated heterocycles. The van der Waals surface area contributed by atoms with E-state index in [0.29, 0.717) is 10.9 Å². The van der Waals surface area contributed by atoms with Crippen LogP contribution in [0.4, 0.5) is 0 Å². The molecule has 0 aromatic heterocycles. The van der Waals surface area contributed by atoms with Gasteiger partial charge < -0.3 is 10.8 Å². The highest BCUT2D eigenvalue weighted by atomic mass is 35.5. The molecule has 0 radical (unpaired) electrons. The summed E-state index contributed by atoms with van der Waals surface area (Å²) in [7, 11) is 0.